The van der Waals surface area contributed by atoms with Crippen LogP contribution in [0.3, 0.4) is 0 Å². The van der Waals surface area contributed by atoms with E-state index in [-0.39, 0.29) is 18.4 Å². The highest BCUT2D eigenvalue weighted by Gasteiger charge is 2.45. The Kier molecular flexibility index (Phi) is 7.19. The number of hydrogen-bond donors (Lipinski definition) is 0. The molecular weight excluding hydrogens is 567 g/mol. The van der Waals surface area contributed by atoms with Gasteiger partial charge in [-0.1, -0.05) is 12.1 Å². The molecule has 1 aliphatic heterocycles. The molecule has 2 unspecified atom stereocenters. The number of rotatable bonds is 8. The van der Waals surface area contributed by atoms with Gasteiger partial charge in [-0.2, -0.15) is 10.2 Å². The van der Waals surface area contributed by atoms with Crippen molar-refractivity contribution in [2.45, 2.75) is 31.2 Å². The van der Waals surface area contributed by atoms with Crippen LogP contribution >= 0.6 is 0 Å². The molecule has 0 spiro atoms. The van der Waals surface area contributed by atoms with Gasteiger partial charge in [-0.3, -0.25) is 9.88 Å². The number of halogens is 3. The first-order valence-electron chi connectivity index (χ1n) is 14.2. The topological polar surface area (TPSA) is 73.4 Å². The number of hydrogen-bond acceptors (Lipinski definition) is 6. The molecule has 6 aromatic rings. The van der Waals surface area contributed by atoms with Crippen molar-refractivity contribution in [3.8, 4) is 22.4 Å². The van der Waals surface area contributed by atoms with Crippen LogP contribution < -0.4 is 0 Å². The van der Waals surface area contributed by atoms with Gasteiger partial charge in [0.05, 0.1) is 18.7 Å². The molecule has 0 amide bonds. The summed E-state index contributed by atoms with van der Waals surface area (Å²) in [5.74, 6) is -1.60. The molecule has 1 fully saturated rings. The quantitative estimate of drug-likeness (QED) is 0.219. The van der Waals surface area contributed by atoms with Gasteiger partial charge < -0.3 is 4.74 Å². The highest BCUT2D eigenvalue weighted by Crippen LogP contribution is 2.41. The van der Waals surface area contributed by atoms with Crippen molar-refractivity contribution in [1.29, 1.82) is 0 Å². The molecule has 4 aromatic heterocycles. The van der Waals surface area contributed by atoms with Crippen LogP contribution in [0.2, 0.25) is 0 Å². The summed E-state index contributed by atoms with van der Waals surface area (Å²) in [7, 11) is 2.00. The Morgan fingerprint density at radius 2 is 1.73 bits per heavy atom. The molecule has 7 rings (SSSR count). The maximum absolute atomic E-state index is 15.1. The predicted molar refractivity (Wildman–Crippen MR) is 158 cm³/mol. The first kappa shape index (κ1) is 27.9. The predicted octanol–water partition coefficient (Wildman–Crippen LogP) is 5.89. The van der Waals surface area contributed by atoms with Gasteiger partial charge in [-0.05, 0) is 66.7 Å². The molecule has 11 heteroatoms. The van der Waals surface area contributed by atoms with Gasteiger partial charge >= 0.3 is 0 Å². The second-order valence-electron chi connectivity index (χ2n) is 11.1. The maximum atomic E-state index is 15.1. The Morgan fingerprint density at radius 1 is 0.932 bits per heavy atom. The lowest BCUT2D eigenvalue weighted by molar-refractivity contribution is -0.0208. The summed E-state index contributed by atoms with van der Waals surface area (Å²) in [5, 5.41) is 9.12. The number of pyridine rings is 2. The Balaban J connectivity index is 1.18. The van der Waals surface area contributed by atoms with Gasteiger partial charge in [0.1, 0.15) is 41.4 Å². The first-order valence-corrected chi connectivity index (χ1v) is 14.2. The zero-order valence-corrected chi connectivity index (χ0v) is 23.8. The monoisotopic (exact) mass is 595 g/mol. The molecule has 44 heavy (non-hydrogen) atoms. The fourth-order valence-electron chi connectivity index (χ4n) is 6.07. The van der Waals surface area contributed by atoms with Crippen molar-refractivity contribution >= 4 is 5.52 Å². The Morgan fingerprint density at radius 3 is 2.48 bits per heavy atom. The summed E-state index contributed by atoms with van der Waals surface area (Å²) in [6, 6.07) is 17.8. The summed E-state index contributed by atoms with van der Waals surface area (Å²) in [4.78, 5) is 10.3. The molecule has 2 atom stereocenters. The first-order chi connectivity index (χ1) is 21.4. The third kappa shape index (κ3) is 5.24. The van der Waals surface area contributed by atoms with Gasteiger partial charge in [-0.25, -0.2) is 27.4 Å². The molecule has 0 bridgehead atoms. The van der Waals surface area contributed by atoms with Crippen molar-refractivity contribution in [3.63, 3.8) is 0 Å². The van der Waals surface area contributed by atoms with Crippen molar-refractivity contribution in [1.82, 2.24) is 34.3 Å². The zero-order valence-electron chi connectivity index (χ0n) is 23.8. The van der Waals surface area contributed by atoms with Gasteiger partial charge in [0.2, 0.25) is 0 Å². The SMILES string of the molecule is CN(Cc1ccc2c(-c3ccncc3)c(-c3ccc(F)cc3)nn2c1)C1COC(Cn2cncn2)(c2ccc(F)cc2F)C1. The average Bonchev–Trinajstić information content (AvgIpc) is 3.78. The second kappa shape index (κ2) is 11.3. The van der Waals surface area contributed by atoms with E-state index in [1.165, 1.54) is 30.6 Å². The number of likely N-dealkylation sites (N-methyl/N-ethyl adjacent to an activating group) is 1. The van der Waals surface area contributed by atoms with Crippen molar-refractivity contribution in [2.24, 2.45) is 0 Å². The summed E-state index contributed by atoms with van der Waals surface area (Å²) in [6.45, 7) is 1.17. The zero-order chi connectivity index (χ0) is 30.3. The molecule has 1 saturated heterocycles. The van der Waals surface area contributed by atoms with Crippen LogP contribution in [0.4, 0.5) is 13.2 Å². The van der Waals surface area contributed by atoms with Crippen LogP contribution in [0, 0.1) is 17.5 Å². The fraction of sp³-hybridized carbons (Fsp3) is 0.212. The standard InChI is InChI=1S/C33H28F3N7O/c1-41(27-15-33(44-18-27,19-42-21-38-20-39-42)28-8-7-26(35)14-29(28)36)16-22-2-9-30-31(23-10-12-37-13-11-23)32(40-43(30)17-22)24-3-5-25(34)6-4-24/h2-14,17,20-21,27H,15-16,18-19H2,1H3. The Labute approximate surface area is 251 Å². The van der Waals surface area contributed by atoms with Crippen molar-refractivity contribution in [2.75, 3.05) is 13.7 Å². The molecule has 0 radical (unpaired) electrons. The molecule has 0 aliphatic carbocycles. The summed E-state index contributed by atoms with van der Waals surface area (Å²) >= 11 is 0. The lowest BCUT2D eigenvalue weighted by atomic mass is 9.88. The largest absolute Gasteiger partial charge is 0.367 e. The van der Waals surface area contributed by atoms with E-state index in [0.717, 1.165) is 39.5 Å². The minimum Gasteiger partial charge on any atom is -0.367 e. The van der Waals surface area contributed by atoms with Crippen LogP contribution in [0.1, 0.15) is 17.5 Å². The third-order valence-electron chi connectivity index (χ3n) is 8.26. The van der Waals surface area contributed by atoms with Crippen molar-refractivity contribution < 1.29 is 17.9 Å². The highest BCUT2D eigenvalue weighted by molar-refractivity contribution is 5.92. The molecular formula is C33H28F3N7O. The van der Waals surface area contributed by atoms with Gasteiger partial charge in [0, 0.05) is 60.4 Å². The smallest absolute Gasteiger partial charge is 0.137 e. The summed E-state index contributed by atoms with van der Waals surface area (Å²) in [6.07, 6.45) is 8.91. The molecule has 1 aliphatic rings. The molecule has 0 N–H and O–H groups in total. The number of nitrogens with zero attached hydrogens (tertiary/aromatic N) is 7. The average molecular weight is 596 g/mol. The summed E-state index contributed by atoms with van der Waals surface area (Å²) in [5.41, 5.74) is 4.60. The second-order valence-corrected chi connectivity index (χ2v) is 11.1. The normalized spacial score (nSPS) is 18.4. The third-order valence-corrected chi connectivity index (χ3v) is 8.26. The van der Waals surface area contributed by atoms with Crippen LogP contribution in [0.15, 0.2) is 98.0 Å². The van der Waals surface area contributed by atoms with Crippen LogP contribution in [0.5, 0.6) is 0 Å². The fourth-order valence-corrected chi connectivity index (χ4v) is 6.07. The number of benzene rings is 2. The van der Waals surface area contributed by atoms with Crippen molar-refractivity contribution in [3.05, 3.63) is 127 Å². The maximum Gasteiger partial charge on any atom is 0.137 e. The molecule has 2 aromatic carbocycles. The van der Waals surface area contributed by atoms with E-state index < -0.39 is 17.2 Å². The van der Waals surface area contributed by atoms with E-state index >= 15 is 4.39 Å². The number of aromatic nitrogens is 6. The lowest BCUT2D eigenvalue weighted by Crippen LogP contribution is -2.36. The molecule has 0 saturated carbocycles. The van der Waals surface area contributed by atoms with E-state index in [9.17, 15) is 8.78 Å². The molecule has 5 heterocycles. The van der Waals surface area contributed by atoms with Gasteiger partial charge in [-0.15, -0.1) is 0 Å². The minimum atomic E-state index is -1.04. The highest BCUT2D eigenvalue weighted by atomic mass is 19.1. The van der Waals surface area contributed by atoms with Gasteiger partial charge in [0.25, 0.3) is 0 Å². The minimum absolute atomic E-state index is 0.0570. The van der Waals surface area contributed by atoms with E-state index in [4.69, 9.17) is 9.84 Å². The summed E-state index contributed by atoms with van der Waals surface area (Å²) < 4.78 is 52.4. The van der Waals surface area contributed by atoms with Crippen LogP contribution in [-0.2, 0) is 23.4 Å². The lowest BCUT2D eigenvalue weighted by Gasteiger charge is -2.30. The number of ether oxygens (including phenoxy) is 1. The number of fused-ring (bicyclic) bond motifs is 1. The van der Waals surface area contributed by atoms with Crippen LogP contribution in [0.25, 0.3) is 27.9 Å². The van der Waals surface area contributed by atoms with E-state index in [1.807, 2.05) is 36.0 Å². The van der Waals surface area contributed by atoms with E-state index in [2.05, 4.69) is 26.0 Å². The Bertz CT molecular complexity index is 1910. The van der Waals surface area contributed by atoms with E-state index in [1.54, 1.807) is 35.5 Å². The van der Waals surface area contributed by atoms with Gasteiger partial charge in [0.15, 0.2) is 0 Å². The van der Waals surface area contributed by atoms with E-state index in [0.29, 0.717) is 25.1 Å². The van der Waals surface area contributed by atoms with Crippen LogP contribution in [-0.4, -0.2) is 54.0 Å². The molecule has 8 nitrogen and oxygen atoms in total. The Hall–Kier alpha value is -4.87. The molecule has 222 valence electrons.